The highest BCUT2D eigenvalue weighted by atomic mass is 16.1. The van der Waals surface area contributed by atoms with Gasteiger partial charge in [0.25, 0.3) is 0 Å². The summed E-state index contributed by atoms with van der Waals surface area (Å²) in [6.45, 7) is 2.72. The van der Waals surface area contributed by atoms with Gasteiger partial charge in [-0.3, -0.25) is 4.79 Å². The molecule has 1 rings (SSSR count). The summed E-state index contributed by atoms with van der Waals surface area (Å²) < 4.78 is 0. The van der Waals surface area contributed by atoms with Gasteiger partial charge in [0.15, 0.2) is 0 Å². The zero-order valence-corrected chi connectivity index (χ0v) is 9.09. The first-order valence-electron chi connectivity index (χ1n) is 5.73. The zero-order valence-electron chi connectivity index (χ0n) is 9.09. The Labute approximate surface area is 86.4 Å². The Morgan fingerprint density at radius 3 is 2.71 bits per heavy atom. The van der Waals surface area contributed by atoms with Gasteiger partial charge in [0.05, 0.1) is 0 Å². The number of rotatable bonds is 5. The van der Waals surface area contributed by atoms with Gasteiger partial charge in [-0.05, 0) is 38.6 Å². The normalized spacial score (nSPS) is 19.6. The van der Waals surface area contributed by atoms with Crippen molar-refractivity contribution in [3.8, 4) is 0 Å². The molecule has 3 nitrogen and oxygen atoms in total. The van der Waals surface area contributed by atoms with Crippen LogP contribution in [-0.4, -0.2) is 18.5 Å². The SMILES string of the molecule is C[C@H](NC(=O)CCCN)C1CCCC1. The van der Waals surface area contributed by atoms with E-state index in [0.29, 0.717) is 24.9 Å². The standard InChI is InChI=1S/C11H22N2O/c1-9(10-5-2-3-6-10)13-11(14)7-4-8-12/h9-10H,2-8,12H2,1H3,(H,13,14)/t9-/m0/s1. The lowest BCUT2D eigenvalue weighted by atomic mass is 10.00. The summed E-state index contributed by atoms with van der Waals surface area (Å²) in [5.41, 5.74) is 5.35. The zero-order chi connectivity index (χ0) is 10.4. The highest BCUT2D eigenvalue weighted by Crippen LogP contribution is 2.27. The third-order valence-electron chi connectivity index (χ3n) is 3.10. The van der Waals surface area contributed by atoms with E-state index in [4.69, 9.17) is 5.73 Å². The second-order valence-corrected chi connectivity index (χ2v) is 4.29. The molecule has 0 radical (unpaired) electrons. The minimum atomic E-state index is 0.162. The quantitative estimate of drug-likeness (QED) is 0.702. The molecule has 82 valence electrons. The number of carbonyl (C=O) groups is 1. The molecule has 1 aliphatic rings. The van der Waals surface area contributed by atoms with Crippen LogP contribution in [0.3, 0.4) is 0 Å². The fourth-order valence-corrected chi connectivity index (χ4v) is 2.16. The van der Waals surface area contributed by atoms with E-state index in [1.54, 1.807) is 0 Å². The van der Waals surface area contributed by atoms with Gasteiger partial charge in [0.1, 0.15) is 0 Å². The van der Waals surface area contributed by atoms with Crippen molar-refractivity contribution < 1.29 is 4.79 Å². The molecule has 1 aliphatic carbocycles. The Morgan fingerprint density at radius 1 is 1.50 bits per heavy atom. The van der Waals surface area contributed by atoms with Crippen molar-refractivity contribution in [3.63, 3.8) is 0 Å². The number of hydrogen-bond donors (Lipinski definition) is 2. The van der Waals surface area contributed by atoms with Gasteiger partial charge in [0.2, 0.25) is 5.91 Å². The molecule has 1 amide bonds. The van der Waals surface area contributed by atoms with Gasteiger partial charge in [-0.1, -0.05) is 12.8 Å². The van der Waals surface area contributed by atoms with Crippen LogP contribution in [0, 0.1) is 5.92 Å². The largest absolute Gasteiger partial charge is 0.353 e. The maximum absolute atomic E-state index is 11.4. The Hall–Kier alpha value is -0.570. The highest BCUT2D eigenvalue weighted by molar-refractivity contribution is 5.76. The molecule has 1 atom stereocenters. The van der Waals surface area contributed by atoms with Crippen molar-refractivity contribution >= 4 is 5.91 Å². The number of carbonyl (C=O) groups excluding carboxylic acids is 1. The fraction of sp³-hybridized carbons (Fsp3) is 0.909. The minimum absolute atomic E-state index is 0.162. The van der Waals surface area contributed by atoms with E-state index in [2.05, 4.69) is 12.2 Å². The number of hydrogen-bond acceptors (Lipinski definition) is 2. The molecule has 3 heteroatoms. The van der Waals surface area contributed by atoms with E-state index in [1.165, 1.54) is 25.7 Å². The van der Waals surface area contributed by atoms with Crippen LogP contribution in [0.5, 0.6) is 0 Å². The van der Waals surface area contributed by atoms with Crippen LogP contribution in [0.4, 0.5) is 0 Å². The lowest BCUT2D eigenvalue weighted by molar-refractivity contribution is -0.122. The Morgan fingerprint density at radius 2 is 2.14 bits per heavy atom. The van der Waals surface area contributed by atoms with E-state index in [0.717, 1.165) is 6.42 Å². The van der Waals surface area contributed by atoms with Crippen molar-refractivity contribution in [3.05, 3.63) is 0 Å². The molecule has 1 saturated carbocycles. The van der Waals surface area contributed by atoms with E-state index < -0.39 is 0 Å². The average Bonchev–Trinajstić information content (AvgIpc) is 2.67. The smallest absolute Gasteiger partial charge is 0.220 e. The van der Waals surface area contributed by atoms with Crippen LogP contribution in [0.15, 0.2) is 0 Å². The van der Waals surface area contributed by atoms with Crippen molar-refractivity contribution in [2.24, 2.45) is 11.7 Å². The number of nitrogens with one attached hydrogen (secondary N) is 1. The van der Waals surface area contributed by atoms with Gasteiger partial charge < -0.3 is 11.1 Å². The molecule has 0 aromatic rings. The summed E-state index contributed by atoms with van der Waals surface area (Å²) in [6, 6.07) is 0.350. The van der Waals surface area contributed by atoms with E-state index in [9.17, 15) is 4.79 Å². The summed E-state index contributed by atoms with van der Waals surface area (Å²) in [7, 11) is 0. The van der Waals surface area contributed by atoms with Crippen LogP contribution in [0.25, 0.3) is 0 Å². The highest BCUT2D eigenvalue weighted by Gasteiger charge is 2.22. The third kappa shape index (κ3) is 3.66. The molecule has 0 aromatic heterocycles. The van der Waals surface area contributed by atoms with Crippen LogP contribution in [0.2, 0.25) is 0 Å². The monoisotopic (exact) mass is 198 g/mol. The minimum Gasteiger partial charge on any atom is -0.353 e. The van der Waals surface area contributed by atoms with Crippen LogP contribution < -0.4 is 11.1 Å². The summed E-state index contributed by atoms with van der Waals surface area (Å²) in [6.07, 6.45) is 6.58. The molecular formula is C11H22N2O. The Balaban J connectivity index is 2.18. The Kier molecular flexibility index (Phi) is 4.94. The predicted octanol–water partition coefficient (Wildman–Crippen LogP) is 1.42. The first-order valence-corrected chi connectivity index (χ1v) is 5.73. The van der Waals surface area contributed by atoms with E-state index in [1.807, 2.05) is 0 Å². The van der Waals surface area contributed by atoms with Gasteiger partial charge >= 0.3 is 0 Å². The molecule has 0 aliphatic heterocycles. The van der Waals surface area contributed by atoms with Crippen LogP contribution in [0.1, 0.15) is 45.4 Å². The molecule has 0 unspecified atom stereocenters. The fourth-order valence-electron chi connectivity index (χ4n) is 2.16. The molecule has 3 N–H and O–H groups in total. The van der Waals surface area contributed by atoms with Crippen molar-refractivity contribution in [2.45, 2.75) is 51.5 Å². The first-order chi connectivity index (χ1) is 6.74. The molecular weight excluding hydrogens is 176 g/mol. The van der Waals surface area contributed by atoms with E-state index >= 15 is 0 Å². The molecule has 0 spiro atoms. The number of nitrogens with two attached hydrogens (primary N) is 1. The molecule has 14 heavy (non-hydrogen) atoms. The van der Waals surface area contributed by atoms with Crippen molar-refractivity contribution in [2.75, 3.05) is 6.54 Å². The van der Waals surface area contributed by atoms with Crippen LogP contribution >= 0.6 is 0 Å². The van der Waals surface area contributed by atoms with Crippen molar-refractivity contribution in [1.29, 1.82) is 0 Å². The maximum Gasteiger partial charge on any atom is 0.220 e. The van der Waals surface area contributed by atoms with Gasteiger partial charge in [0, 0.05) is 12.5 Å². The third-order valence-corrected chi connectivity index (χ3v) is 3.10. The van der Waals surface area contributed by atoms with E-state index in [-0.39, 0.29) is 5.91 Å². The summed E-state index contributed by atoms with van der Waals surface area (Å²) >= 11 is 0. The molecule has 0 heterocycles. The van der Waals surface area contributed by atoms with Gasteiger partial charge in [-0.25, -0.2) is 0 Å². The predicted molar refractivity (Wildman–Crippen MR) is 57.9 cm³/mol. The average molecular weight is 198 g/mol. The molecule has 0 bridgehead atoms. The molecule has 1 fully saturated rings. The van der Waals surface area contributed by atoms with Gasteiger partial charge in [-0.2, -0.15) is 0 Å². The second kappa shape index (κ2) is 6.02. The van der Waals surface area contributed by atoms with Crippen molar-refractivity contribution in [1.82, 2.24) is 5.32 Å². The topological polar surface area (TPSA) is 55.1 Å². The summed E-state index contributed by atoms with van der Waals surface area (Å²) in [5, 5.41) is 3.06. The van der Waals surface area contributed by atoms with Crippen LogP contribution in [-0.2, 0) is 4.79 Å². The lowest BCUT2D eigenvalue weighted by Gasteiger charge is -2.20. The van der Waals surface area contributed by atoms with Gasteiger partial charge in [-0.15, -0.1) is 0 Å². The summed E-state index contributed by atoms with van der Waals surface area (Å²) in [5.74, 6) is 0.867. The molecule has 0 aromatic carbocycles. The Bertz CT molecular complexity index is 176. The lowest BCUT2D eigenvalue weighted by Crippen LogP contribution is -2.37. The first kappa shape index (κ1) is 11.5. The molecule has 0 saturated heterocycles. The number of amides is 1. The maximum atomic E-state index is 11.4. The second-order valence-electron chi connectivity index (χ2n) is 4.29. The summed E-state index contributed by atoms with van der Waals surface area (Å²) in [4.78, 5) is 11.4.